The maximum atomic E-state index is 11.0. The number of carbonyl (C=O) groups is 1. The lowest BCUT2D eigenvalue weighted by Gasteiger charge is -2.01. The average molecular weight is 160 g/mol. The number of nitrogens with one attached hydrogen (secondary N) is 1. The summed E-state index contributed by atoms with van der Waals surface area (Å²) >= 11 is 0. The third-order valence-corrected chi connectivity index (χ3v) is 1.33. The zero-order valence-electron chi connectivity index (χ0n) is 6.71. The fourth-order valence-corrected chi connectivity index (χ4v) is 0.813. The Morgan fingerprint density at radius 3 is 2.83 bits per heavy atom. The van der Waals surface area contributed by atoms with Crippen LogP contribution in [0.4, 0.5) is 5.69 Å². The molecule has 0 atom stereocenters. The summed E-state index contributed by atoms with van der Waals surface area (Å²) in [6.07, 6.45) is 1.92. The second-order valence-electron chi connectivity index (χ2n) is 2.33. The van der Waals surface area contributed by atoms with Crippen LogP contribution in [0.15, 0.2) is 36.9 Å². The van der Waals surface area contributed by atoms with Gasteiger partial charge in [0, 0.05) is 12.1 Å². The van der Waals surface area contributed by atoms with Crippen LogP contribution in [-0.2, 0) is 4.79 Å². The molecule has 61 valence electrons. The molecule has 0 unspecified atom stereocenters. The van der Waals surface area contributed by atoms with Gasteiger partial charge in [-0.15, -0.1) is 6.58 Å². The largest absolute Gasteiger partial charge is 0.326 e. The van der Waals surface area contributed by atoms with Gasteiger partial charge in [-0.2, -0.15) is 0 Å². The minimum absolute atomic E-state index is 0.0452. The molecule has 1 aromatic carbocycles. The van der Waals surface area contributed by atoms with Gasteiger partial charge in [-0.1, -0.05) is 18.2 Å². The third kappa shape index (κ3) is 2.58. The molecule has 0 saturated carbocycles. The van der Waals surface area contributed by atoms with E-state index in [4.69, 9.17) is 0 Å². The summed E-state index contributed by atoms with van der Waals surface area (Å²) in [6.45, 7) is 3.48. The van der Waals surface area contributed by atoms with Gasteiger partial charge in [0.05, 0.1) is 0 Å². The fourth-order valence-electron chi connectivity index (χ4n) is 0.813. The molecule has 1 rings (SSSR count). The summed E-state index contributed by atoms with van der Waals surface area (Å²) in [4.78, 5) is 11.0. The van der Waals surface area contributed by atoms with Gasteiger partial charge >= 0.3 is 0 Å². The van der Waals surface area contributed by atoms with Gasteiger partial charge in [0.15, 0.2) is 0 Å². The van der Waals surface area contributed by atoms with Crippen LogP contribution in [-0.4, -0.2) is 5.91 Å². The standard InChI is InChI=1S/C10H10NO/c1-2-6-10(12)11-9-7-4-3-5-8-9/h2,4-5,7-8H,1,6H2,(H,11,12). The Kier molecular flexibility index (Phi) is 3.08. The molecule has 0 aliphatic carbocycles. The van der Waals surface area contributed by atoms with E-state index in [0.717, 1.165) is 5.69 Å². The highest BCUT2D eigenvalue weighted by Crippen LogP contribution is 2.04. The van der Waals surface area contributed by atoms with E-state index in [1.165, 1.54) is 0 Å². The van der Waals surface area contributed by atoms with Crippen LogP contribution in [0.3, 0.4) is 0 Å². The van der Waals surface area contributed by atoms with Crippen LogP contribution < -0.4 is 5.32 Å². The molecule has 0 aliphatic rings. The van der Waals surface area contributed by atoms with Crippen molar-refractivity contribution in [2.45, 2.75) is 6.42 Å². The summed E-state index contributed by atoms with van der Waals surface area (Å²) in [5.74, 6) is -0.0452. The van der Waals surface area contributed by atoms with Crippen molar-refractivity contribution in [2.75, 3.05) is 5.32 Å². The lowest BCUT2D eigenvalue weighted by Crippen LogP contribution is -2.09. The van der Waals surface area contributed by atoms with Crippen molar-refractivity contribution in [1.29, 1.82) is 0 Å². The number of hydrogen-bond donors (Lipinski definition) is 1. The molecular weight excluding hydrogens is 150 g/mol. The van der Waals surface area contributed by atoms with E-state index in [2.05, 4.69) is 18.0 Å². The third-order valence-electron chi connectivity index (χ3n) is 1.33. The molecule has 1 amide bonds. The maximum Gasteiger partial charge on any atom is 0.228 e. The molecule has 1 N–H and O–H groups in total. The van der Waals surface area contributed by atoms with Crippen LogP contribution >= 0.6 is 0 Å². The highest BCUT2D eigenvalue weighted by molar-refractivity contribution is 5.91. The molecule has 0 spiro atoms. The van der Waals surface area contributed by atoms with Crippen molar-refractivity contribution < 1.29 is 4.79 Å². The van der Waals surface area contributed by atoms with Gasteiger partial charge in [0.2, 0.25) is 5.91 Å². The summed E-state index contributed by atoms with van der Waals surface area (Å²) in [5, 5.41) is 2.71. The average Bonchev–Trinajstić information content (AvgIpc) is 2.06. The number of hydrogen-bond acceptors (Lipinski definition) is 1. The van der Waals surface area contributed by atoms with E-state index in [9.17, 15) is 4.79 Å². The van der Waals surface area contributed by atoms with Gasteiger partial charge < -0.3 is 5.32 Å². The highest BCUT2D eigenvalue weighted by Gasteiger charge is 1.96. The molecule has 0 bridgehead atoms. The maximum absolute atomic E-state index is 11.0. The van der Waals surface area contributed by atoms with Gasteiger partial charge in [-0.05, 0) is 18.2 Å². The lowest BCUT2D eigenvalue weighted by atomic mass is 10.3. The summed E-state index contributed by atoms with van der Waals surface area (Å²) in [7, 11) is 0. The lowest BCUT2D eigenvalue weighted by molar-refractivity contribution is -0.115. The fraction of sp³-hybridized carbons (Fsp3) is 0.100. The predicted octanol–water partition coefficient (Wildman–Crippen LogP) is 2.00. The van der Waals surface area contributed by atoms with E-state index in [0.29, 0.717) is 6.42 Å². The molecular formula is C10H10NO. The summed E-state index contributed by atoms with van der Waals surface area (Å²) in [5.41, 5.74) is 0.792. The van der Waals surface area contributed by atoms with Crippen LogP contribution in [0.2, 0.25) is 0 Å². The Hall–Kier alpha value is -1.57. The number of amides is 1. The Morgan fingerprint density at radius 2 is 2.25 bits per heavy atom. The van der Waals surface area contributed by atoms with Gasteiger partial charge in [-0.3, -0.25) is 4.79 Å². The first-order chi connectivity index (χ1) is 5.83. The van der Waals surface area contributed by atoms with Gasteiger partial charge in [0.25, 0.3) is 0 Å². The minimum Gasteiger partial charge on any atom is -0.326 e. The monoisotopic (exact) mass is 160 g/mol. The Balaban J connectivity index is 2.52. The van der Waals surface area contributed by atoms with Crippen molar-refractivity contribution in [3.63, 3.8) is 0 Å². The predicted molar refractivity (Wildman–Crippen MR) is 48.7 cm³/mol. The molecule has 0 saturated heterocycles. The summed E-state index contributed by atoms with van der Waals surface area (Å²) in [6, 6.07) is 9.96. The topological polar surface area (TPSA) is 29.1 Å². The van der Waals surface area contributed by atoms with Gasteiger partial charge in [-0.25, -0.2) is 0 Å². The SMILES string of the molecule is C=CCC(=O)Nc1cc[c]cc1. The smallest absolute Gasteiger partial charge is 0.228 e. The van der Waals surface area contributed by atoms with Crippen LogP contribution in [0.5, 0.6) is 0 Å². The van der Waals surface area contributed by atoms with Crippen molar-refractivity contribution in [3.8, 4) is 0 Å². The number of benzene rings is 1. The van der Waals surface area contributed by atoms with Crippen LogP contribution in [0.25, 0.3) is 0 Å². The number of anilines is 1. The van der Waals surface area contributed by atoms with E-state index in [1.54, 1.807) is 30.3 Å². The minimum atomic E-state index is -0.0452. The van der Waals surface area contributed by atoms with Crippen molar-refractivity contribution >= 4 is 11.6 Å². The Bertz CT molecular complexity index is 266. The molecule has 1 aromatic rings. The van der Waals surface area contributed by atoms with E-state index < -0.39 is 0 Å². The van der Waals surface area contributed by atoms with Crippen molar-refractivity contribution in [3.05, 3.63) is 43.0 Å². The zero-order chi connectivity index (χ0) is 8.81. The zero-order valence-corrected chi connectivity index (χ0v) is 6.71. The first-order valence-electron chi connectivity index (χ1n) is 3.70. The first-order valence-corrected chi connectivity index (χ1v) is 3.70. The van der Waals surface area contributed by atoms with Crippen molar-refractivity contribution in [1.82, 2.24) is 0 Å². The number of rotatable bonds is 3. The van der Waals surface area contributed by atoms with Gasteiger partial charge in [0.1, 0.15) is 0 Å². The van der Waals surface area contributed by atoms with Crippen molar-refractivity contribution in [2.24, 2.45) is 0 Å². The molecule has 0 aliphatic heterocycles. The molecule has 12 heavy (non-hydrogen) atoms. The molecule has 0 aromatic heterocycles. The molecule has 0 heterocycles. The van der Waals surface area contributed by atoms with E-state index in [-0.39, 0.29) is 5.91 Å². The normalized spacial score (nSPS) is 9.00. The van der Waals surface area contributed by atoms with Crippen LogP contribution in [0, 0.1) is 6.07 Å². The second kappa shape index (κ2) is 4.34. The summed E-state index contributed by atoms with van der Waals surface area (Å²) < 4.78 is 0. The second-order valence-corrected chi connectivity index (χ2v) is 2.33. The molecule has 2 heteroatoms. The Morgan fingerprint density at radius 1 is 1.58 bits per heavy atom. The highest BCUT2D eigenvalue weighted by atomic mass is 16.1. The Labute approximate surface area is 71.9 Å². The van der Waals surface area contributed by atoms with E-state index in [1.807, 2.05) is 0 Å². The van der Waals surface area contributed by atoms with Crippen LogP contribution in [0.1, 0.15) is 6.42 Å². The molecule has 0 fully saturated rings. The number of carbonyl (C=O) groups excluding carboxylic acids is 1. The quantitative estimate of drug-likeness (QED) is 0.673. The molecule has 2 nitrogen and oxygen atoms in total. The van der Waals surface area contributed by atoms with E-state index >= 15 is 0 Å². The first kappa shape index (κ1) is 8.53. The molecule has 1 radical (unpaired) electrons.